The third-order valence-electron chi connectivity index (χ3n) is 8.95. The Kier molecular flexibility index (Phi) is 3.51. The molecule has 7 heteroatoms. The molecular formula is C23H28N2O5. The smallest absolute Gasteiger partial charge is 0.332 e. The maximum Gasteiger partial charge on any atom is 0.332 e. The molecule has 5 aliphatic rings. The number of carbonyl (C=O) groups excluding carboxylic acids is 2. The first kappa shape index (κ1) is 18.5. The van der Waals surface area contributed by atoms with Crippen LogP contribution in [0.2, 0.25) is 0 Å². The van der Waals surface area contributed by atoms with Crippen LogP contribution in [0.4, 0.5) is 5.69 Å². The van der Waals surface area contributed by atoms with E-state index in [2.05, 4.69) is 10.2 Å². The number of nitrogens with one attached hydrogen (secondary N) is 1. The lowest BCUT2D eigenvalue weighted by molar-refractivity contribution is -0.163. The fourth-order valence-corrected chi connectivity index (χ4v) is 8.20. The minimum absolute atomic E-state index is 0.0592. The second-order valence-electron chi connectivity index (χ2n) is 9.67. The van der Waals surface area contributed by atoms with E-state index in [1.165, 1.54) is 7.11 Å². The molecule has 2 saturated heterocycles. The first-order chi connectivity index (χ1) is 14.5. The minimum atomic E-state index is -0.968. The van der Waals surface area contributed by atoms with E-state index >= 15 is 0 Å². The number of methoxy groups -OCH3 is 3. The van der Waals surface area contributed by atoms with Crippen molar-refractivity contribution in [2.45, 2.75) is 49.1 Å². The average molecular weight is 412 g/mol. The molecule has 2 aliphatic carbocycles. The van der Waals surface area contributed by atoms with Crippen molar-refractivity contribution in [2.24, 2.45) is 11.3 Å². The molecule has 1 N–H and O–H groups in total. The van der Waals surface area contributed by atoms with Gasteiger partial charge >= 0.3 is 5.97 Å². The molecule has 1 spiro atoms. The van der Waals surface area contributed by atoms with Crippen LogP contribution < -0.4 is 14.8 Å². The van der Waals surface area contributed by atoms with Crippen molar-refractivity contribution < 1.29 is 23.8 Å². The van der Waals surface area contributed by atoms with Crippen LogP contribution in [0.5, 0.6) is 11.5 Å². The molecule has 4 bridgehead atoms. The quantitative estimate of drug-likeness (QED) is 0.762. The number of hydrogen-bond donors (Lipinski definition) is 1. The Bertz CT molecular complexity index is 979. The normalized spacial score (nSPS) is 40.3. The molecule has 7 nitrogen and oxygen atoms in total. The summed E-state index contributed by atoms with van der Waals surface area (Å²) in [6, 6.07) is 4.11. The lowest BCUT2D eigenvalue weighted by atomic mass is 9.41. The highest BCUT2D eigenvalue weighted by Gasteiger charge is 2.82. The molecule has 6 rings (SSSR count). The third-order valence-corrected chi connectivity index (χ3v) is 8.95. The van der Waals surface area contributed by atoms with Crippen LogP contribution in [0.3, 0.4) is 0 Å². The van der Waals surface area contributed by atoms with Crippen molar-refractivity contribution in [2.75, 3.05) is 39.7 Å². The Labute approximate surface area is 176 Å². The largest absolute Gasteiger partial charge is 0.493 e. The predicted octanol–water partition coefficient (Wildman–Crippen LogP) is 2.13. The van der Waals surface area contributed by atoms with Crippen LogP contribution in [-0.2, 0) is 19.7 Å². The van der Waals surface area contributed by atoms with E-state index in [1.807, 2.05) is 12.1 Å². The van der Waals surface area contributed by atoms with E-state index in [-0.39, 0.29) is 23.3 Å². The summed E-state index contributed by atoms with van der Waals surface area (Å²) in [6.07, 6.45) is 4.32. The summed E-state index contributed by atoms with van der Waals surface area (Å²) in [6.45, 7) is 1.71. The molecule has 0 aromatic heterocycles. The molecule has 0 radical (unpaired) electrons. The number of fused-ring (bicyclic) bond motifs is 1. The Morgan fingerprint density at radius 2 is 2.00 bits per heavy atom. The number of nitrogens with zero attached hydrogens (tertiary/aromatic N) is 1. The minimum Gasteiger partial charge on any atom is -0.493 e. The van der Waals surface area contributed by atoms with Crippen LogP contribution in [0, 0.1) is 11.3 Å². The van der Waals surface area contributed by atoms with E-state index in [0.29, 0.717) is 30.1 Å². The van der Waals surface area contributed by atoms with Gasteiger partial charge in [0.25, 0.3) is 0 Å². The van der Waals surface area contributed by atoms with Gasteiger partial charge in [-0.2, -0.15) is 0 Å². The second-order valence-corrected chi connectivity index (χ2v) is 9.67. The average Bonchev–Trinajstić information content (AvgIpc) is 3.25. The summed E-state index contributed by atoms with van der Waals surface area (Å²) in [5.74, 6) is 1.01. The zero-order valence-electron chi connectivity index (χ0n) is 17.7. The van der Waals surface area contributed by atoms with Crippen LogP contribution in [0.15, 0.2) is 12.1 Å². The number of esters is 1. The Morgan fingerprint density at radius 1 is 1.17 bits per heavy atom. The summed E-state index contributed by atoms with van der Waals surface area (Å²) in [7, 11) is 4.68. The van der Waals surface area contributed by atoms with E-state index < -0.39 is 11.0 Å². The summed E-state index contributed by atoms with van der Waals surface area (Å²) in [5.41, 5.74) is 0.136. The van der Waals surface area contributed by atoms with Gasteiger partial charge in [0, 0.05) is 24.9 Å². The van der Waals surface area contributed by atoms with Crippen LogP contribution >= 0.6 is 0 Å². The van der Waals surface area contributed by atoms with E-state index in [0.717, 1.165) is 43.6 Å². The van der Waals surface area contributed by atoms with Gasteiger partial charge in [0.2, 0.25) is 0 Å². The lowest BCUT2D eigenvalue weighted by Crippen LogP contribution is -2.75. The molecule has 5 atom stereocenters. The summed E-state index contributed by atoms with van der Waals surface area (Å²) < 4.78 is 16.7. The van der Waals surface area contributed by atoms with Gasteiger partial charge in [0.05, 0.1) is 32.4 Å². The molecule has 1 aromatic carbocycles. The number of benzene rings is 1. The number of rotatable bonds is 3. The highest BCUT2D eigenvalue weighted by Crippen LogP contribution is 2.73. The van der Waals surface area contributed by atoms with Gasteiger partial charge in [-0.15, -0.1) is 0 Å². The van der Waals surface area contributed by atoms with Crippen molar-refractivity contribution >= 4 is 17.4 Å². The standard InChI is InChI=1S/C23H28N2O5/c1-28-16-6-5-13-17(18(16)29-2)24-22(20(27)30-3)9-8-21-7-4-10-25-12-14(15(26)11-21)23(13,22)19(21)25/h5-6,14,19,24H,4,7-12H2,1-3H3/t14-,19+,21-,22-,23?/m1/s1. The summed E-state index contributed by atoms with van der Waals surface area (Å²) in [4.78, 5) is 29.7. The van der Waals surface area contributed by atoms with Crippen molar-refractivity contribution in [3.8, 4) is 11.5 Å². The maximum atomic E-state index is 13.6. The molecule has 3 aliphatic heterocycles. The first-order valence-corrected chi connectivity index (χ1v) is 10.9. The monoisotopic (exact) mass is 412 g/mol. The number of piperidine rings is 1. The number of ketones is 1. The number of ether oxygens (including phenoxy) is 3. The zero-order valence-corrected chi connectivity index (χ0v) is 17.7. The molecule has 160 valence electrons. The van der Waals surface area contributed by atoms with Gasteiger partial charge in [-0.1, -0.05) is 6.07 Å². The molecule has 1 unspecified atom stereocenters. The van der Waals surface area contributed by atoms with Crippen molar-refractivity contribution in [3.63, 3.8) is 0 Å². The maximum absolute atomic E-state index is 13.6. The molecule has 2 saturated carbocycles. The fourth-order valence-electron chi connectivity index (χ4n) is 8.20. The van der Waals surface area contributed by atoms with E-state index in [9.17, 15) is 9.59 Å². The van der Waals surface area contributed by atoms with Crippen LogP contribution in [0.1, 0.15) is 37.7 Å². The van der Waals surface area contributed by atoms with Gasteiger partial charge in [0.15, 0.2) is 11.5 Å². The highest BCUT2D eigenvalue weighted by atomic mass is 16.5. The first-order valence-electron chi connectivity index (χ1n) is 10.9. The van der Waals surface area contributed by atoms with Gasteiger partial charge in [-0.25, -0.2) is 4.79 Å². The highest BCUT2D eigenvalue weighted by molar-refractivity contribution is 5.99. The van der Waals surface area contributed by atoms with Crippen LogP contribution in [-0.4, -0.2) is 62.7 Å². The number of anilines is 1. The Hall–Kier alpha value is -2.28. The fraction of sp³-hybridized carbons (Fsp3) is 0.652. The van der Waals surface area contributed by atoms with E-state index in [4.69, 9.17) is 14.2 Å². The van der Waals surface area contributed by atoms with Gasteiger partial charge in [-0.3, -0.25) is 9.69 Å². The molecule has 4 fully saturated rings. The Balaban J connectivity index is 1.71. The van der Waals surface area contributed by atoms with Crippen molar-refractivity contribution in [1.29, 1.82) is 0 Å². The molecular weight excluding hydrogens is 384 g/mol. The number of carbonyl (C=O) groups is 2. The zero-order chi connectivity index (χ0) is 20.9. The number of Topliss-reactive ketones (excluding diaryl/α,β-unsaturated/α-hetero) is 1. The molecule has 3 heterocycles. The second kappa shape index (κ2) is 5.69. The molecule has 30 heavy (non-hydrogen) atoms. The predicted molar refractivity (Wildman–Crippen MR) is 109 cm³/mol. The molecule has 0 amide bonds. The van der Waals surface area contributed by atoms with Crippen LogP contribution in [0.25, 0.3) is 0 Å². The number of hydrogen-bond acceptors (Lipinski definition) is 7. The molecule has 1 aromatic rings. The SMILES string of the molecule is COC(=O)[C@]12CC[C@]34CCCN5C[C@H](C(=O)C3)C1(c1ccc(OC)c(OC)c1N2)[C@@H]54. The summed E-state index contributed by atoms with van der Waals surface area (Å²) >= 11 is 0. The van der Waals surface area contributed by atoms with Crippen molar-refractivity contribution in [3.05, 3.63) is 17.7 Å². The third kappa shape index (κ3) is 1.72. The van der Waals surface area contributed by atoms with E-state index in [1.54, 1.807) is 14.2 Å². The lowest BCUT2D eigenvalue weighted by Gasteiger charge is -2.63. The van der Waals surface area contributed by atoms with Gasteiger partial charge in [-0.05, 0) is 49.3 Å². The summed E-state index contributed by atoms with van der Waals surface area (Å²) in [5, 5.41) is 3.59. The van der Waals surface area contributed by atoms with Gasteiger partial charge in [0.1, 0.15) is 11.3 Å². The van der Waals surface area contributed by atoms with Crippen molar-refractivity contribution in [1.82, 2.24) is 4.90 Å². The topological polar surface area (TPSA) is 77.1 Å². The van der Waals surface area contributed by atoms with Gasteiger partial charge < -0.3 is 19.5 Å². The Morgan fingerprint density at radius 3 is 2.73 bits per heavy atom.